The minimum absolute atomic E-state index is 0. The number of ether oxygens (including phenoxy) is 1. The zero-order valence-electron chi connectivity index (χ0n) is 10.9. The first-order chi connectivity index (χ1) is 8.72. The first-order valence-corrected chi connectivity index (χ1v) is 6.13. The lowest BCUT2D eigenvalue weighted by molar-refractivity contribution is -0.156. The molecule has 0 aliphatic carbocycles. The average Bonchev–Trinajstić information content (AvgIpc) is 2.41. The van der Waals surface area contributed by atoms with E-state index in [1.54, 1.807) is 4.90 Å². The maximum absolute atomic E-state index is 12.2. The van der Waals surface area contributed by atoms with E-state index in [1.165, 1.54) is 7.11 Å². The van der Waals surface area contributed by atoms with Crippen LogP contribution in [-0.2, 0) is 20.9 Å². The van der Waals surface area contributed by atoms with Crippen LogP contribution in [0.3, 0.4) is 0 Å². The standard InChI is InChI=1S/C14H17NO3.ClH/c1-18-14(17)12-8-5-9-15(13(12)16)10-11-6-3-2-4-7-11;/h2-4,6-7,12H,5,8-10H2,1H3;1H. The molecule has 0 saturated carbocycles. The van der Waals surface area contributed by atoms with Crippen molar-refractivity contribution >= 4 is 24.3 Å². The lowest BCUT2D eigenvalue weighted by Gasteiger charge is -2.31. The molecule has 0 spiro atoms. The van der Waals surface area contributed by atoms with Gasteiger partial charge in [0.1, 0.15) is 5.92 Å². The number of nitrogens with zero attached hydrogens (tertiary/aromatic N) is 1. The summed E-state index contributed by atoms with van der Waals surface area (Å²) in [5, 5.41) is 0. The zero-order chi connectivity index (χ0) is 13.0. The Morgan fingerprint density at radius 2 is 2.05 bits per heavy atom. The Bertz CT molecular complexity index is 436. The fourth-order valence-electron chi connectivity index (χ4n) is 2.26. The second-order valence-electron chi connectivity index (χ2n) is 4.46. The summed E-state index contributed by atoms with van der Waals surface area (Å²) in [5.41, 5.74) is 1.08. The van der Waals surface area contributed by atoms with Crippen molar-refractivity contribution in [2.45, 2.75) is 19.4 Å². The van der Waals surface area contributed by atoms with Gasteiger partial charge in [-0.2, -0.15) is 0 Å². The lowest BCUT2D eigenvalue weighted by atomic mass is 9.96. The molecule has 19 heavy (non-hydrogen) atoms. The minimum atomic E-state index is -0.618. The van der Waals surface area contributed by atoms with E-state index < -0.39 is 11.9 Å². The summed E-state index contributed by atoms with van der Waals surface area (Å²) in [4.78, 5) is 25.4. The van der Waals surface area contributed by atoms with Gasteiger partial charge >= 0.3 is 5.97 Å². The molecule has 1 aromatic carbocycles. The molecule has 1 aromatic rings. The van der Waals surface area contributed by atoms with E-state index >= 15 is 0 Å². The van der Waals surface area contributed by atoms with Crippen molar-refractivity contribution in [1.29, 1.82) is 0 Å². The number of carbonyl (C=O) groups excluding carboxylic acids is 2. The Labute approximate surface area is 119 Å². The third-order valence-corrected chi connectivity index (χ3v) is 3.23. The van der Waals surface area contributed by atoms with Crippen LogP contribution in [0.5, 0.6) is 0 Å². The van der Waals surface area contributed by atoms with Gasteiger partial charge in [-0.05, 0) is 18.4 Å². The molecule has 1 unspecified atom stereocenters. The highest BCUT2D eigenvalue weighted by Crippen LogP contribution is 2.21. The number of hydrogen-bond acceptors (Lipinski definition) is 3. The molecule has 1 aliphatic heterocycles. The third kappa shape index (κ3) is 3.70. The van der Waals surface area contributed by atoms with Gasteiger partial charge in [-0.3, -0.25) is 9.59 Å². The van der Waals surface area contributed by atoms with Crippen molar-refractivity contribution in [3.8, 4) is 0 Å². The molecule has 1 fully saturated rings. The van der Waals surface area contributed by atoms with Crippen molar-refractivity contribution in [2.24, 2.45) is 5.92 Å². The van der Waals surface area contributed by atoms with Crippen LogP contribution in [0, 0.1) is 5.92 Å². The summed E-state index contributed by atoms with van der Waals surface area (Å²) in [7, 11) is 1.33. The summed E-state index contributed by atoms with van der Waals surface area (Å²) >= 11 is 0. The summed E-state index contributed by atoms with van der Waals surface area (Å²) < 4.78 is 4.67. The highest BCUT2D eigenvalue weighted by atomic mass is 35.5. The van der Waals surface area contributed by atoms with Gasteiger partial charge in [-0.1, -0.05) is 30.3 Å². The Hall–Kier alpha value is -1.55. The monoisotopic (exact) mass is 283 g/mol. The zero-order valence-corrected chi connectivity index (χ0v) is 11.7. The smallest absolute Gasteiger partial charge is 0.318 e. The van der Waals surface area contributed by atoms with E-state index in [9.17, 15) is 9.59 Å². The third-order valence-electron chi connectivity index (χ3n) is 3.23. The number of carbonyl (C=O) groups is 2. The molecule has 2 rings (SSSR count). The largest absolute Gasteiger partial charge is 0.468 e. The number of halogens is 1. The Kier molecular flexibility index (Phi) is 5.83. The molecule has 1 heterocycles. The second kappa shape index (κ2) is 7.14. The van der Waals surface area contributed by atoms with Gasteiger partial charge in [-0.25, -0.2) is 0 Å². The highest BCUT2D eigenvalue weighted by molar-refractivity contribution is 5.98. The Morgan fingerprint density at radius 1 is 1.37 bits per heavy atom. The lowest BCUT2D eigenvalue weighted by Crippen LogP contribution is -2.44. The molecular formula is C14H18ClNO3. The molecule has 1 saturated heterocycles. The summed E-state index contributed by atoms with van der Waals surface area (Å²) in [5.74, 6) is -1.15. The minimum Gasteiger partial charge on any atom is -0.468 e. The van der Waals surface area contributed by atoms with Gasteiger partial charge < -0.3 is 9.64 Å². The number of benzene rings is 1. The first-order valence-electron chi connectivity index (χ1n) is 6.13. The van der Waals surface area contributed by atoms with Crippen LogP contribution >= 0.6 is 12.4 Å². The van der Waals surface area contributed by atoms with Crippen molar-refractivity contribution < 1.29 is 14.3 Å². The van der Waals surface area contributed by atoms with Crippen LogP contribution in [0.4, 0.5) is 0 Å². The Balaban J connectivity index is 0.00000180. The topological polar surface area (TPSA) is 46.6 Å². The number of rotatable bonds is 3. The quantitative estimate of drug-likeness (QED) is 0.630. The molecule has 0 radical (unpaired) electrons. The van der Waals surface area contributed by atoms with Gasteiger partial charge in [-0.15, -0.1) is 12.4 Å². The number of hydrogen-bond donors (Lipinski definition) is 0. The van der Waals surface area contributed by atoms with Gasteiger partial charge in [0.2, 0.25) is 5.91 Å². The summed E-state index contributed by atoms with van der Waals surface area (Å²) in [6.45, 7) is 1.27. The van der Waals surface area contributed by atoms with Crippen LogP contribution in [0.25, 0.3) is 0 Å². The van der Waals surface area contributed by atoms with Crippen LogP contribution in [0.15, 0.2) is 30.3 Å². The number of methoxy groups -OCH3 is 1. The van der Waals surface area contributed by atoms with Gasteiger partial charge in [0.05, 0.1) is 7.11 Å². The van der Waals surface area contributed by atoms with E-state index in [0.717, 1.165) is 12.0 Å². The molecule has 0 aromatic heterocycles. The number of piperidine rings is 1. The number of esters is 1. The van der Waals surface area contributed by atoms with E-state index in [4.69, 9.17) is 0 Å². The fraction of sp³-hybridized carbons (Fsp3) is 0.429. The maximum atomic E-state index is 12.2. The van der Waals surface area contributed by atoms with Gasteiger partial charge in [0.25, 0.3) is 0 Å². The van der Waals surface area contributed by atoms with E-state index in [0.29, 0.717) is 19.5 Å². The molecule has 104 valence electrons. The number of likely N-dealkylation sites (tertiary alicyclic amines) is 1. The molecule has 1 aliphatic rings. The molecular weight excluding hydrogens is 266 g/mol. The number of amides is 1. The average molecular weight is 284 g/mol. The highest BCUT2D eigenvalue weighted by Gasteiger charge is 2.34. The van der Waals surface area contributed by atoms with Crippen molar-refractivity contribution in [3.63, 3.8) is 0 Å². The predicted molar refractivity (Wildman–Crippen MR) is 73.8 cm³/mol. The van der Waals surface area contributed by atoms with Gasteiger partial charge in [0, 0.05) is 13.1 Å². The van der Waals surface area contributed by atoms with Crippen LogP contribution in [-0.4, -0.2) is 30.4 Å². The van der Waals surface area contributed by atoms with Crippen molar-refractivity contribution in [3.05, 3.63) is 35.9 Å². The molecule has 4 nitrogen and oxygen atoms in total. The summed E-state index contributed by atoms with van der Waals surface area (Å²) in [6.07, 6.45) is 1.44. The molecule has 0 bridgehead atoms. The second-order valence-corrected chi connectivity index (χ2v) is 4.46. The summed E-state index contributed by atoms with van der Waals surface area (Å²) in [6, 6.07) is 9.80. The van der Waals surface area contributed by atoms with E-state index in [2.05, 4.69) is 4.74 Å². The Morgan fingerprint density at radius 3 is 2.68 bits per heavy atom. The molecule has 0 N–H and O–H groups in total. The molecule has 5 heteroatoms. The first kappa shape index (κ1) is 15.5. The fourth-order valence-corrected chi connectivity index (χ4v) is 2.26. The van der Waals surface area contributed by atoms with Crippen LogP contribution < -0.4 is 0 Å². The molecule has 1 amide bonds. The van der Waals surface area contributed by atoms with E-state index in [1.807, 2.05) is 30.3 Å². The maximum Gasteiger partial charge on any atom is 0.318 e. The van der Waals surface area contributed by atoms with Gasteiger partial charge in [0.15, 0.2) is 0 Å². The normalized spacial score (nSPS) is 18.7. The van der Waals surface area contributed by atoms with Crippen molar-refractivity contribution in [1.82, 2.24) is 4.90 Å². The van der Waals surface area contributed by atoms with Crippen LogP contribution in [0.1, 0.15) is 18.4 Å². The SMILES string of the molecule is COC(=O)C1CCCN(Cc2ccccc2)C1=O.Cl. The van der Waals surface area contributed by atoms with Crippen molar-refractivity contribution in [2.75, 3.05) is 13.7 Å². The van der Waals surface area contributed by atoms with Crippen LogP contribution in [0.2, 0.25) is 0 Å². The predicted octanol–water partition coefficient (Wildman–Crippen LogP) is 2.02. The molecule has 1 atom stereocenters. The van der Waals surface area contributed by atoms with E-state index in [-0.39, 0.29) is 18.3 Å².